The van der Waals surface area contributed by atoms with Crippen molar-refractivity contribution >= 4 is 5.91 Å². The molecular weight excluding hydrogens is 200 g/mol. The van der Waals surface area contributed by atoms with E-state index in [4.69, 9.17) is 5.73 Å². The minimum Gasteiger partial charge on any atom is -0.342 e. The Bertz CT molecular complexity index is 261. The van der Waals surface area contributed by atoms with Crippen LogP contribution in [0.5, 0.6) is 0 Å². The number of nitrogens with zero attached hydrogens (tertiary/aromatic N) is 1. The predicted molar refractivity (Wildman–Crippen MR) is 64.9 cm³/mol. The van der Waals surface area contributed by atoms with Gasteiger partial charge in [0.2, 0.25) is 5.91 Å². The SMILES string of the molecule is C[C@@H]1CN(C(=O)C2(CN)CCCC2)C[C@H]1C. The largest absolute Gasteiger partial charge is 0.342 e. The van der Waals surface area contributed by atoms with Gasteiger partial charge in [-0.25, -0.2) is 0 Å². The molecule has 92 valence electrons. The number of amides is 1. The Morgan fingerprint density at radius 1 is 1.25 bits per heavy atom. The van der Waals surface area contributed by atoms with Crippen LogP contribution in [0.25, 0.3) is 0 Å². The zero-order valence-corrected chi connectivity index (χ0v) is 10.5. The van der Waals surface area contributed by atoms with E-state index in [0.717, 1.165) is 25.9 Å². The average molecular weight is 224 g/mol. The van der Waals surface area contributed by atoms with Crippen molar-refractivity contribution in [2.45, 2.75) is 39.5 Å². The van der Waals surface area contributed by atoms with Crippen LogP contribution < -0.4 is 5.73 Å². The maximum atomic E-state index is 12.5. The van der Waals surface area contributed by atoms with Crippen LogP contribution in [-0.2, 0) is 4.79 Å². The first-order chi connectivity index (χ1) is 7.59. The highest BCUT2D eigenvalue weighted by atomic mass is 16.2. The molecule has 1 heterocycles. The lowest BCUT2D eigenvalue weighted by atomic mass is 9.84. The summed E-state index contributed by atoms with van der Waals surface area (Å²) in [5.74, 6) is 1.61. The van der Waals surface area contributed by atoms with E-state index < -0.39 is 0 Å². The first kappa shape index (κ1) is 11.9. The summed E-state index contributed by atoms with van der Waals surface area (Å²) in [5.41, 5.74) is 5.65. The maximum absolute atomic E-state index is 12.5. The summed E-state index contributed by atoms with van der Waals surface area (Å²) >= 11 is 0. The van der Waals surface area contributed by atoms with Gasteiger partial charge in [0.15, 0.2) is 0 Å². The Kier molecular flexibility index (Phi) is 3.24. The number of rotatable bonds is 2. The maximum Gasteiger partial charge on any atom is 0.230 e. The molecule has 1 aliphatic heterocycles. The summed E-state index contributed by atoms with van der Waals surface area (Å²) < 4.78 is 0. The quantitative estimate of drug-likeness (QED) is 0.774. The van der Waals surface area contributed by atoms with Crippen molar-refractivity contribution in [1.29, 1.82) is 0 Å². The van der Waals surface area contributed by atoms with Crippen LogP contribution in [0.3, 0.4) is 0 Å². The van der Waals surface area contributed by atoms with Gasteiger partial charge in [-0.3, -0.25) is 4.79 Å². The lowest BCUT2D eigenvalue weighted by Crippen LogP contribution is -2.45. The molecule has 0 aromatic rings. The van der Waals surface area contributed by atoms with E-state index in [2.05, 4.69) is 18.7 Å². The minimum atomic E-state index is -0.205. The van der Waals surface area contributed by atoms with Crippen molar-refractivity contribution in [3.8, 4) is 0 Å². The molecule has 0 aromatic heterocycles. The van der Waals surface area contributed by atoms with E-state index in [1.807, 2.05) is 0 Å². The third kappa shape index (κ3) is 1.86. The van der Waals surface area contributed by atoms with Crippen LogP contribution in [0.15, 0.2) is 0 Å². The molecular formula is C13H24N2O. The van der Waals surface area contributed by atoms with Gasteiger partial charge in [-0.15, -0.1) is 0 Å². The number of nitrogens with two attached hydrogens (primary N) is 1. The van der Waals surface area contributed by atoms with Crippen molar-refractivity contribution in [3.63, 3.8) is 0 Å². The molecule has 2 N–H and O–H groups in total. The van der Waals surface area contributed by atoms with Gasteiger partial charge in [0.05, 0.1) is 5.41 Å². The van der Waals surface area contributed by atoms with E-state index >= 15 is 0 Å². The third-order valence-electron chi connectivity index (χ3n) is 4.68. The summed E-state index contributed by atoms with van der Waals surface area (Å²) in [6.07, 6.45) is 4.34. The Balaban J connectivity index is 2.07. The molecule has 2 rings (SSSR count). The molecule has 1 saturated heterocycles. The molecule has 0 aromatic carbocycles. The molecule has 16 heavy (non-hydrogen) atoms. The number of hydrogen-bond donors (Lipinski definition) is 1. The lowest BCUT2D eigenvalue weighted by Gasteiger charge is -2.31. The van der Waals surface area contributed by atoms with Crippen LogP contribution in [-0.4, -0.2) is 30.4 Å². The molecule has 0 bridgehead atoms. The normalized spacial score (nSPS) is 33.3. The van der Waals surface area contributed by atoms with Gasteiger partial charge in [-0.05, 0) is 24.7 Å². The topological polar surface area (TPSA) is 46.3 Å². The van der Waals surface area contributed by atoms with Crippen molar-refractivity contribution in [2.24, 2.45) is 23.0 Å². The Morgan fingerprint density at radius 2 is 1.75 bits per heavy atom. The molecule has 2 atom stereocenters. The van der Waals surface area contributed by atoms with E-state index in [-0.39, 0.29) is 5.41 Å². The fourth-order valence-electron chi connectivity index (χ4n) is 3.19. The molecule has 0 radical (unpaired) electrons. The van der Waals surface area contributed by atoms with Crippen molar-refractivity contribution < 1.29 is 4.79 Å². The summed E-state index contributed by atoms with van der Waals surface area (Å²) in [4.78, 5) is 14.6. The van der Waals surface area contributed by atoms with Crippen molar-refractivity contribution in [1.82, 2.24) is 4.90 Å². The zero-order valence-electron chi connectivity index (χ0n) is 10.5. The summed E-state index contributed by atoms with van der Waals surface area (Å²) in [7, 11) is 0. The van der Waals surface area contributed by atoms with Crippen LogP contribution >= 0.6 is 0 Å². The molecule has 3 heteroatoms. The first-order valence-electron chi connectivity index (χ1n) is 6.58. The fourth-order valence-corrected chi connectivity index (χ4v) is 3.19. The molecule has 2 aliphatic rings. The predicted octanol–water partition coefficient (Wildman–Crippen LogP) is 1.62. The fraction of sp³-hybridized carbons (Fsp3) is 0.923. The average Bonchev–Trinajstić information content (AvgIpc) is 2.87. The van der Waals surface area contributed by atoms with Gasteiger partial charge in [-0.1, -0.05) is 26.7 Å². The highest BCUT2D eigenvalue weighted by Gasteiger charge is 2.44. The summed E-state index contributed by atoms with van der Waals surface area (Å²) in [6, 6.07) is 0. The standard InChI is InChI=1S/C13H24N2O/c1-10-7-15(8-11(10)2)12(16)13(9-14)5-3-4-6-13/h10-11H,3-9,14H2,1-2H3/t10-,11-/m1/s1. The molecule has 1 saturated carbocycles. The molecule has 0 unspecified atom stereocenters. The molecule has 3 nitrogen and oxygen atoms in total. The Hall–Kier alpha value is -0.570. The summed E-state index contributed by atoms with van der Waals surface area (Å²) in [6.45, 7) is 6.87. The van der Waals surface area contributed by atoms with Gasteiger partial charge in [-0.2, -0.15) is 0 Å². The van der Waals surface area contributed by atoms with Crippen molar-refractivity contribution in [2.75, 3.05) is 19.6 Å². The van der Waals surface area contributed by atoms with E-state index in [0.29, 0.717) is 24.3 Å². The second-order valence-corrected chi connectivity index (χ2v) is 5.86. The molecule has 1 aliphatic carbocycles. The highest BCUT2D eigenvalue weighted by molar-refractivity contribution is 5.83. The van der Waals surface area contributed by atoms with Crippen molar-refractivity contribution in [3.05, 3.63) is 0 Å². The zero-order chi connectivity index (χ0) is 11.8. The number of carbonyl (C=O) groups excluding carboxylic acids is 1. The third-order valence-corrected chi connectivity index (χ3v) is 4.68. The molecule has 0 spiro atoms. The number of carbonyl (C=O) groups is 1. The lowest BCUT2D eigenvalue weighted by molar-refractivity contribution is -0.140. The first-order valence-corrected chi connectivity index (χ1v) is 6.58. The van der Waals surface area contributed by atoms with Gasteiger partial charge in [0, 0.05) is 19.6 Å². The van der Waals surface area contributed by atoms with Gasteiger partial charge in [0.1, 0.15) is 0 Å². The highest BCUT2D eigenvalue weighted by Crippen LogP contribution is 2.40. The van der Waals surface area contributed by atoms with Crippen LogP contribution in [0.1, 0.15) is 39.5 Å². The smallest absolute Gasteiger partial charge is 0.230 e. The molecule has 2 fully saturated rings. The molecule has 1 amide bonds. The van der Waals surface area contributed by atoms with Crippen LogP contribution in [0.4, 0.5) is 0 Å². The van der Waals surface area contributed by atoms with Gasteiger partial charge >= 0.3 is 0 Å². The van der Waals surface area contributed by atoms with Gasteiger partial charge < -0.3 is 10.6 Å². The minimum absolute atomic E-state index is 0.205. The van der Waals surface area contributed by atoms with E-state index in [1.54, 1.807) is 0 Å². The van der Waals surface area contributed by atoms with Gasteiger partial charge in [0.25, 0.3) is 0 Å². The second-order valence-electron chi connectivity index (χ2n) is 5.86. The second kappa shape index (κ2) is 4.36. The van der Waals surface area contributed by atoms with E-state index in [1.165, 1.54) is 12.8 Å². The number of likely N-dealkylation sites (tertiary alicyclic amines) is 1. The summed E-state index contributed by atoms with van der Waals surface area (Å²) in [5, 5.41) is 0. The Morgan fingerprint density at radius 3 is 2.19 bits per heavy atom. The monoisotopic (exact) mass is 224 g/mol. The Labute approximate surface area is 98.4 Å². The number of hydrogen-bond acceptors (Lipinski definition) is 2. The van der Waals surface area contributed by atoms with Crippen LogP contribution in [0.2, 0.25) is 0 Å². The van der Waals surface area contributed by atoms with Crippen LogP contribution in [0, 0.1) is 17.3 Å². The van der Waals surface area contributed by atoms with E-state index in [9.17, 15) is 4.79 Å².